The van der Waals surface area contributed by atoms with Gasteiger partial charge in [-0.2, -0.15) is 0 Å². The van der Waals surface area contributed by atoms with Crippen molar-refractivity contribution in [2.45, 2.75) is 66.7 Å². The molecule has 0 fully saturated rings. The number of ether oxygens (including phenoxy) is 1. The molecule has 0 rings (SSSR count). The molecule has 0 aromatic rings. The second-order valence-electron chi connectivity index (χ2n) is 5.90. The maximum absolute atomic E-state index is 11.9. The van der Waals surface area contributed by atoms with Gasteiger partial charge in [-0.1, -0.05) is 20.8 Å². The van der Waals surface area contributed by atoms with Crippen molar-refractivity contribution in [1.29, 1.82) is 0 Å². The summed E-state index contributed by atoms with van der Waals surface area (Å²) in [5.41, 5.74) is 0. The zero-order chi connectivity index (χ0) is 15.2. The van der Waals surface area contributed by atoms with Gasteiger partial charge >= 0.3 is 6.09 Å². The highest BCUT2D eigenvalue weighted by Crippen LogP contribution is 2.14. The van der Waals surface area contributed by atoms with Gasteiger partial charge in [0.1, 0.15) is 0 Å². The van der Waals surface area contributed by atoms with Gasteiger partial charge in [0.2, 0.25) is 0 Å². The van der Waals surface area contributed by atoms with Crippen molar-refractivity contribution in [2.75, 3.05) is 0 Å². The molecule has 1 N–H and O–H groups in total. The van der Waals surface area contributed by atoms with Gasteiger partial charge in [0, 0.05) is 18.0 Å². The van der Waals surface area contributed by atoms with Gasteiger partial charge in [0.05, 0.1) is 12.4 Å². The molecule has 4 heteroatoms. The maximum atomic E-state index is 11.9. The third-order valence-corrected chi connectivity index (χ3v) is 3.10. The fourth-order valence-corrected chi connectivity index (χ4v) is 2.02. The number of carbonyl (C=O) groups excluding carboxylic acids is 1. The zero-order valence-electron chi connectivity index (χ0n) is 13.3. The van der Waals surface area contributed by atoms with E-state index in [1.807, 2.05) is 48.5 Å². The van der Waals surface area contributed by atoms with E-state index < -0.39 is 6.10 Å². The van der Waals surface area contributed by atoms with Crippen molar-refractivity contribution >= 4 is 6.09 Å². The van der Waals surface area contributed by atoms with Crippen molar-refractivity contribution in [3.05, 3.63) is 12.3 Å². The van der Waals surface area contributed by atoms with Crippen LogP contribution in [0.5, 0.6) is 0 Å². The van der Waals surface area contributed by atoms with Crippen LogP contribution in [0.3, 0.4) is 0 Å². The summed E-state index contributed by atoms with van der Waals surface area (Å²) in [6.45, 7) is 13.6. The quantitative estimate of drug-likeness (QED) is 0.753. The minimum Gasteiger partial charge on any atom is -0.418 e. The summed E-state index contributed by atoms with van der Waals surface area (Å²) in [5, 5.41) is 9.84. The van der Waals surface area contributed by atoms with Gasteiger partial charge in [-0.05, 0) is 39.7 Å². The Morgan fingerprint density at radius 2 is 1.53 bits per heavy atom. The molecule has 0 bridgehead atoms. The third kappa shape index (κ3) is 6.10. The highest BCUT2D eigenvalue weighted by Gasteiger charge is 2.21. The molecule has 0 spiro atoms. The number of rotatable bonds is 6. The maximum Gasteiger partial charge on any atom is 0.415 e. The van der Waals surface area contributed by atoms with Gasteiger partial charge in [-0.3, -0.25) is 0 Å². The average molecular weight is 271 g/mol. The molecule has 0 aromatic carbocycles. The Balaban J connectivity index is 4.43. The van der Waals surface area contributed by atoms with Crippen LogP contribution in [0.25, 0.3) is 0 Å². The summed E-state index contributed by atoms with van der Waals surface area (Å²) < 4.78 is 5.12. The number of aliphatic hydroxyl groups is 1. The van der Waals surface area contributed by atoms with E-state index in [0.29, 0.717) is 0 Å². The van der Waals surface area contributed by atoms with E-state index in [-0.39, 0.29) is 30.0 Å². The number of aliphatic hydroxyl groups excluding tert-OH is 1. The molecule has 0 radical (unpaired) electrons. The highest BCUT2D eigenvalue weighted by molar-refractivity contribution is 5.68. The lowest BCUT2D eigenvalue weighted by Gasteiger charge is -2.29. The lowest BCUT2D eigenvalue weighted by molar-refractivity contribution is 0.0877. The van der Waals surface area contributed by atoms with E-state index in [0.717, 1.165) is 0 Å². The Kier molecular flexibility index (Phi) is 7.76. The van der Waals surface area contributed by atoms with Crippen LogP contribution in [-0.2, 0) is 4.74 Å². The van der Waals surface area contributed by atoms with Crippen molar-refractivity contribution < 1.29 is 14.6 Å². The first kappa shape index (κ1) is 18.0. The molecule has 0 heterocycles. The average Bonchev–Trinajstić information content (AvgIpc) is 2.26. The predicted octanol–water partition coefficient (Wildman–Crippen LogP) is 3.41. The van der Waals surface area contributed by atoms with Gasteiger partial charge in [0.25, 0.3) is 0 Å². The molecule has 0 aliphatic rings. The number of hydrogen-bond acceptors (Lipinski definition) is 3. The topological polar surface area (TPSA) is 49.8 Å². The monoisotopic (exact) mass is 271 g/mol. The molecule has 0 aromatic heterocycles. The number of hydrogen-bond donors (Lipinski definition) is 1. The SMILES string of the molecule is CC(C)[C@@H](O)[C@@H](C)/C=C/OC(=O)N(C(C)C)C(C)C. The zero-order valence-corrected chi connectivity index (χ0v) is 13.3. The Labute approximate surface area is 117 Å². The number of nitrogens with zero attached hydrogens (tertiary/aromatic N) is 1. The normalized spacial score (nSPS) is 15.3. The summed E-state index contributed by atoms with van der Waals surface area (Å²) in [6, 6.07) is 0.194. The minimum absolute atomic E-state index is 0.0423. The van der Waals surface area contributed by atoms with Crippen LogP contribution in [0.4, 0.5) is 4.79 Å². The van der Waals surface area contributed by atoms with Crippen LogP contribution in [0, 0.1) is 11.8 Å². The van der Waals surface area contributed by atoms with Crippen LogP contribution in [0.15, 0.2) is 12.3 Å². The third-order valence-electron chi connectivity index (χ3n) is 3.10. The van der Waals surface area contributed by atoms with E-state index in [1.165, 1.54) is 6.26 Å². The minimum atomic E-state index is -0.429. The standard InChI is InChI=1S/C15H29NO3/c1-10(2)14(17)13(7)8-9-19-15(18)16(11(3)4)12(5)6/h8-14,17H,1-7H3/b9-8+/t13-,14+/m0/s1. The molecule has 0 saturated carbocycles. The van der Waals surface area contributed by atoms with Gasteiger partial charge < -0.3 is 14.7 Å². The Morgan fingerprint density at radius 3 is 1.89 bits per heavy atom. The van der Waals surface area contributed by atoms with E-state index in [9.17, 15) is 9.90 Å². The summed E-state index contributed by atoms with van der Waals surface area (Å²) in [4.78, 5) is 13.6. The molecule has 0 aliphatic carbocycles. The summed E-state index contributed by atoms with van der Waals surface area (Å²) in [7, 11) is 0. The van der Waals surface area contributed by atoms with Crippen LogP contribution in [0.2, 0.25) is 0 Å². The van der Waals surface area contributed by atoms with Gasteiger partial charge in [-0.15, -0.1) is 0 Å². The molecule has 2 atom stereocenters. The van der Waals surface area contributed by atoms with E-state index in [1.54, 1.807) is 11.0 Å². The van der Waals surface area contributed by atoms with E-state index in [4.69, 9.17) is 4.74 Å². The first-order valence-corrected chi connectivity index (χ1v) is 7.02. The first-order chi connectivity index (χ1) is 8.68. The molecule has 4 nitrogen and oxygen atoms in total. The summed E-state index contributed by atoms with van der Waals surface area (Å²) >= 11 is 0. The van der Waals surface area contributed by atoms with Gasteiger partial charge in [-0.25, -0.2) is 4.79 Å². The fourth-order valence-electron chi connectivity index (χ4n) is 2.02. The van der Waals surface area contributed by atoms with Crippen LogP contribution >= 0.6 is 0 Å². The predicted molar refractivity (Wildman–Crippen MR) is 77.7 cm³/mol. The molecular weight excluding hydrogens is 242 g/mol. The summed E-state index contributed by atoms with van der Waals surface area (Å²) in [6.07, 6.45) is 2.33. The number of amides is 1. The van der Waals surface area contributed by atoms with Crippen molar-refractivity contribution in [2.24, 2.45) is 11.8 Å². The van der Waals surface area contributed by atoms with Crippen LogP contribution in [0.1, 0.15) is 48.5 Å². The van der Waals surface area contributed by atoms with Crippen molar-refractivity contribution in [3.63, 3.8) is 0 Å². The first-order valence-electron chi connectivity index (χ1n) is 7.02. The largest absolute Gasteiger partial charge is 0.418 e. The second kappa shape index (κ2) is 8.20. The van der Waals surface area contributed by atoms with Crippen molar-refractivity contribution in [1.82, 2.24) is 4.90 Å². The Hall–Kier alpha value is -1.03. The smallest absolute Gasteiger partial charge is 0.415 e. The lowest BCUT2D eigenvalue weighted by Crippen LogP contribution is -2.41. The highest BCUT2D eigenvalue weighted by atomic mass is 16.5. The summed E-state index contributed by atoms with van der Waals surface area (Å²) in [5.74, 6) is 0.137. The molecule has 112 valence electrons. The molecule has 1 amide bonds. The van der Waals surface area contributed by atoms with Crippen molar-refractivity contribution in [3.8, 4) is 0 Å². The van der Waals surface area contributed by atoms with E-state index >= 15 is 0 Å². The molecule has 19 heavy (non-hydrogen) atoms. The molecular formula is C15H29NO3. The number of carbonyl (C=O) groups is 1. The Bertz CT molecular complexity index is 290. The van der Waals surface area contributed by atoms with Crippen LogP contribution < -0.4 is 0 Å². The second-order valence-corrected chi connectivity index (χ2v) is 5.90. The Morgan fingerprint density at radius 1 is 1.05 bits per heavy atom. The van der Waals surface area contributed by atoms with E-state index in [2.05, 4.69) is 0 Å². The van der Waals surface area contributed by atoms with Crippen LogP contribution in [-0.4, -0.2) is 34.3 Å². The molecule has 0 unspecified atom stereocenters. The molecule has 0 saturated heterocycles. The molecule has 0 aliphatic heterocycles. The lowest BCUT2D eigenvalue weighted by atomic mass is 9.95. The fraction of sp³-hybridized carbons (Fsp3) is 0.800. The van der Waals surface area contributed by atoms with Gasteiger partial charge in [0.15, 0.2) is 0 Å².